The summed E-state index contributed by atoms with van der Waals surface area (Å²) in [5, 5.41) is 3.97. The summed E-state index contributed by atoms with van der Waals surface area (Å²) in [5.74, 6) is 0.403. The highest BCUT2D eigenvalue weighted by atomic mass is 32.1. The first-order valence-corrected chi connectivity index (χ1v) is 9.06. The van der Waals surface area contributed by atoms with Crippen molar-refractivity contribution >= 4 is 23.3 Å². The second-order valence-corrected chi connectivity index (χ2v) is 6.69. The van der Waals surface area contributed by atoms with Crippen molar-refractivity contribution in [2.45, 2.75) is 25.9 Å². The molecular weight excluding hydrogens is 367 g/mol. The van der Waals surface area contributed by atoms with Crippen LogP contribution < -0.4 is 4.90 Å². The molecule has 1 saturated heterocycles. The van der Waals surface area contributed by atoms with Crippen LogP contribution >= 0.6 is 11.5 Å². The highest BCUT2D eigenvalue weighted by Gasteiger charge is 2.31. The van der Waals surface area contributed by atoms with Crippen LogP contribution in [-0.4, -0.2) is 51.6 Å². The Morgan fingerprint density at radius 1 is 1.23 bits per heavy atom. The Hall–Kier alpha value is -2.23. The number of anilines is 1. The number of amides is 1. The third kappa shape index (κ3) is 3.95. The Bertz CT molecular complexity index is 762. The van der Waals surface area contributed by atoms with Crippen LogP contribution in [0.3, 0.4) is 0 Å². The van der Waals surface area contributed by atoms with Crippen molar-refractivity contribution in [3.05, 3.63) is 34.5 Å². The fourth-order valence-electron chi connectivity index (χ4n) is 2.84. The number of hydrogen-bond donors (Lipinski definition) is 0. The first kappa shape index (κ1) is 18.6. The minimum Gasteiger partial charge on any atom is -0.355 e. The van der Waals surface area contributed by atoms with Crippen LogP contribution in [0.4, 0.5) is 19.0 Å². The lowest BCUT2D eigenvalue weighted by molar-refractivity contribution is -0.137. The van der Waals surface area contributed by atoms with Crippen LogP contribution in [0.2, 0.25) is 0 Å². The molecule has 0 spiro atoms. The molecule has 0 unspecified atom stereocenters. The fourth-order valence-corrected chi connectivity index (χ4v) is 3.56. The third-order valence-corrected chi connectivity index (χ3v) is 5.02. The van der Waals surface area contributed by atoms with Gasteiger partial charge in [-0.15, -0.1) is 5.10 Å². The molecule has 6 nitrogen and oxygen atoms in total. The molecule has 1 aliphatic heterocycles. The number of nitrogens with zero attached hydrogens (tertiary/aromatic N) is 5. The standard InChI is InChI=1S/C16H18F3N5OS/c1-2-12-14(26-22-21-12)15(25)24-7-3-6-23(8-9-24)13-5-4-11(10-20-13)16(17,18)19/h4-5,10H,2-3,6-9H2,1H3. The number of hydrogen-bond acceptors (Lipinski definition) is 6. The first-order valence-electron chi connectivity index (χ1n) is 8.29. The zero-order chi connectivity index (χ0) is 18.7. The Morgan fingerprint density at radius 2 is 2.04 bits per heavy atom. The molecule has 0 aliphatic carbocycles. The zero-order valence-corrected chi connectivity index (χ0v) is 15.0. The second kappa shape index (κ2) is 7.56. The third-order valence-electron chi connectivity index (χ3n) is 4.27. The van der Waals surface area contributed by atoms with Gasteiger partial charge >= 0.3 is 6.18 Å². The van der Waals surface area contributed by atoms with Gasteiger partial charge < -0.3 is 9.80 Å². The van der Waals surface area contributed by atoms with Gasteiger partial charge in [0.2, 0.25) is 0 Å². The van der Waals surface area contributed by atoms with Crippen molar-refractivity contribution in [1.29, 1.82) is 0 Å². The van der Waals surface area contributed by atoms with Crippen LogP contribution in [0.1, 0.15) is 34.3 Å². The normalized spacial score (nSPS) is 15.8. The van der Waals surface area contributed by atoms with E-state index in [0.717, 1.165) is 23.8 Å². The number of alkyl halides is 3. The van der Waals surface area contributed by atoms with Gasteiger partial charge in [-0.2, -0.15) is 13.2 Å². The van der Waals surface area contributed by atoms with Crippen LogP contribution in [0.5, 0.6) is 0 Å². The van der Waals surface area contributed by atoms with E-state index >= 15 is 0 Å². The largest absolute Gasteiger partial charge is 0.417 e. The van der Waals surface area contributed by atoms with E-state index in [2.05, 4.69) is 14.6 Å². The molecule has 2 aromatic heterocycles. The molecule has 0 N–H and O–H groups in total. The van der Waals surface area contributed by atoms with E-state index in [-0.39, 0.29) is 5.91 Å². The number of aryl methyl sites for hydroxylation is 1. The van der Waals surface area contributed by atoms with Gasteiger partial charge in [0.1, 0.15) is 10.7 Å². The number of rotatable bonds is 3. The van der Waals surface area contributed by atoms with Crippen molar-refractivity contribution in [3.63, 3.8) is 0 Å². The second-order valence-electron chi connectivity index (χ2n) is 5.94. The summed E-state index contributed by atoms with van der Waals surface area (Å²) in [6, 6.07) is 2.41. The highest BCUT2D eigenvalue weighted by Crippen LogP contribution is 2.29. The SMILES string of the molecule is CCc1nnsc1C(=O)N1CCCN(c2ccc(C(F)(F)F)cn2)CC1. The monoisotopic (exact) mass is 385 g/mol. The predicted molar refractivity (Wildman–Crippen MR) is 91.3 cm³/mol. The fraction of sp³-hybridized carbons (Fsp3) is 0.500. The molecule has 1 amide bonds. The van der Waals surface area contributed by atoms with Crippen molar-refractivity contribution in [2.75, 3.05) is 31.1 Å². The van der Waals surface area contributed by atoms with E-state index < -0.39 is 11.7 Å². The minimum absolute atomic E-state index is 0.0842. The molecule has 26 heavy (non-hydrogen) atoms. The van der Waals surface area contributed by atoms with E-state index in [1.165, 1.54) is 6.07 Å². The molecule has 0 atom stereocenters. The van der Waals surface area contributed by atoms with Gasteiger partial charge in [0, 0.05) is 32.4 Å². The lowest BCUT2D eigenvalue weighted by atomic mass is 10.2. The van der Waals surface area contributed by atoms with Gasteiger partial charge in [-0.25, -0.2) is 4.98 Å². The molecule has 0 radical (unpaired) electrons. The van der Waals surface area contributed by atoms with Crippen LogP contribution in [0.25, 0.3) is 0 Å². The topological polar surface area (TPSA) is 62.2 Å². The molecule has 3 rings (SSSR count). The van der Waals surface area contributed by atoms with Crippen LogP contribution in [0.15, 0.2) is 18.3 Å². The van der Waals surface area contributed by atoms with E-state index in [0.29, 0.717) is 55.4 Å². The Morgan fingerprint density at radius 3 is 2.69 bits per heavy atom. The first-order chi connectivity index (χ1) is 12.4. The van der Waals surface area contributed by atoms with Gasteiger partial charge in [-0.05, 0) is 36.5 Å². The minimum atomic E-state index is -4.40. The van der Waals surface area contributed by atoms with E-state index in [9.17, 15) is 18.0 Å². The quantitative estimate of drug-likeness (QED) is 0.813. The molecule has 0 bridgehead atoms. The average Bonchev–Trinajstić information content (AvgIpc) is 2.96. The van der Waals surface area contributed by atoms with Gasteiger partial charge in [0.05, 0.1) is 11.3 Å². The van der Waals surface area contributed by atoms with E-state index in [4.69, 9.17) is 0 Å². The lowest BCUT2D eigenvalue weighted by Gasteiger charge is -2.23. The Kier molecular flexibility index (Phi) is 5.40. The Labute approximate surface area is 152 Å². The molecule has 140 valence electrons. The van der Waals surface area contributed by atoms with Crippen LogP contribution in [0, 0.1) is 0 Å². The van der Waals surface area contributed by atoms with E-state index in [1.807, 2.05) is 11.8 Å². The van der Waals surface area contributed by atoms with Gasteiger partial charge in [0.25, 0.3) is 5.91 Å². The summed E-state index contributed by atoms with van der Waals surface area (Å²) in [5.41, 5.74) is -0.0665. The highest BCUT2D eigenvalue weighted by molar-refractivity contribution is 7.08. The summed E-state index contributed by atoms with van der Waals surface area (Å²) < 4.78 is 41.8. The summed E-state index contributed by atoms with van der Waals surface area (Å²) in [6.07, 6.45) is -2.19. The van der Waals surface area contributed by atoms with Gasteiger partial charge in [-0.3, -0.25) is 4.79 Å². The van der Waals surface area contributed by atoms with Crippen molar-refractivity contribution in [1.82, 2.24) is 19.5 Å². The van der Waals surface area contributed by atoms with Gasteiger partial charge in [0.15, 0.2) is 0 Å². The molecule has 2 aromatic rings. The lowest BCUT2D eigenvalue weighted by Crippen LogP contribution is -2.35. The summed E-state index contributed by atoms with van der Waals surface area (Å²) >= 11 is 1.10. The number of aromatic nitrogens is 3. The number of carbonyl (C=O) groups excluding carboxylic acids is 1. The smallest absolute Gasteiger partial charge is 0.355 e. The van der Waals surface area contributed by atoms with Crippen molar-refractivity contribution in [2.24, 2.45) is 0 Å². The maximum absolute atomic E-state index is 12.7. The molecule has 0 aromatic carbocycles. The van der Waals surface area contributed by atoms with Gasteiger partial charge in [-0.1, -0.05) is 11.4 Å². The maximum Gasteiger partial charge on any atom is 0.417 e. The average molecular weight is 385 g/mol. The van der Waals surface area contributed by atoms with E-state index in [1.54, 1.807) is 4.90 Å². The van der Waals surface area contributed by atoms with Crippen LogP contribution in [-0.2, 0) is 12.6 Å². The molecule has 1 fully saturated rings. The molecule has 10 heteroatoms. The summed E-state index contributed by atoms with van der Waals surface area (Å²) in [4.78, 5) is 20.8. The summed E-state index contributed by atoms with van der Waals surface area (Å²) in [7, 11) is 0. The molecule has 1 aliphatic rings. The molecule has 3 heterocycles. The summed E-state index contributed by atoms with van der Waals surface area (Å²) in [6.45, 7) is 4.12. The zero-order valence-electron chi connectivity index (χ0n) is 14.2. The van der Waals surface area contributed by atoms with Crippen molar-refractivity contribution < 1.29 is 18.0 Å². The molecule has 0 saturated carbocycles. The number of carbonyl (C=O) groups is 1. The molecular formula is C16H18F3N5OS. The predicted octanol–water partition coefficient (Wildman–Crippen LogP) is 2.87. The van der Waals surface area contributed by atoms with Crippen molar-refractivity contribution in [3.8, 4) is 0 Å². The number of halogens is 3. The number of pyridine rings is 1. The maximum atomic E-state index is 12.7. The Balaban J connectivity index is 1.67.